The molecule has 3 N–H and O–H groups in total. The molecule has 0 aliphatic rings. The molecular formula is C20H15ClN6. The van der Waals surface area contributed by atoms with Crippen molar-refractivity contribution in [2.45, 2.75) is 6.92 Å². The zero-order chi connectivity index (χ0) is 18.8. The predicted octanol–water partition coefficient (Wildman–Crippen LogP) is 5.22. The van der Waals surface area contributed by atoms with Crippen LogP contribution in [-0.4, -0.2) is 21.4 Å². The molecule has 27 heavy (non-hydrogen) atoms. The van der Waals surface area contributed by atoms with Crippen molar-refractivity contribution in [3.63, 3.8) is 0 Å². The van der Waals surface area contributed by atoms with E-state index in [2.05, 4.69) is 31.6 Å². The van der Waals surface area contributed by atoms with Crippen molar-refractivity contribution in [2.24, 2.45) is 4.99 Å². The molecule has 132 valence electrons. The number of nitrogens with zero attached hydrogens (tertiary/aromatic N) is 3. The van der Waals surface area contributed by atoms with Crippen LogP contribution in [0.25, 0.3) is 10.9 Å². The highest BCUT2D eigenvalue weighted by molar-refractivity contribution is 6.30. The Morgan fingerprint density at radius 3 is 2.89 bits per heavy atom. The van der Waals surface area contributed by atoms with Crippen molar-refractivity contribution < 1.29 is 0 Å². The maximum atomic E-state index is 9.55. The number of nitrogens with one attached hydrogen (secondary N) is 3. The number of aromatic amines is 2. The fourth-order valence-electron chi connectivity index (χ4n) is 2.92. The SMILES string of the molecule is Cc1[nH]c2ccccc2c1C=Nc1n[nH]c(Nc2cccc(Cl)c2)c1C#N. The number of benzene rings is 2. The molecule has 0 aliphatic carbocycles. The maximum absolute atomic E-state index is 9.55. The van der Waals surface area contributed by atoms with E-state index in [1.807, 2.05) is 43.3 Å². The fourth-order valence-corrected chi connectivity index (χ4v) is 3.11. The van der Waals surface area contributed by atoms with Gasteiger partial charge in [-0.15, -0.1) is 0 Å². The Morgan fingerprint density at radius 1 is 1.22 bits per heavy atom. The third-order valence-electron chi connectivity index (χ3n) is 4.21. The number of halogens is 1. The lowest BCUT2D eigenvalue weighted by atomic mass is 10.1. The molecule has 0 amide bonds. The largest absolute Gasteiger partial charge is 0.358 e. The lowest BCUT2D eigenvalue weighted by Crippen LogP contribution is -1.92. The molecule has 0 aliphatic heterocycles. The topological polar surface area (TPSA) is 92.7 Å². The first-order valence-corrected chi connectivity index (χ1v) is 8.66. The van der Waals surface area contributed by atoms with Crippen LogP contribution in [0.3, 0.4) is 0 Å². The van der Waals surface area contributed by atoms with Crippen LogP contribution in [0.2, 0.25) is 5.02 Å². The van der Waals surface area contributed by atoms with E-state index in [1.165, 1.54) is 0 Å². The molecule has 0 unspecified atom stereocenters. The molecule has 0 fully saturated rings. The van der Waals surface area contributed by atoms with Gasteiger partial charge in [-0.3, -0.25) is 5.10 Å². The Bertz CT molecular complexity index is 1190. The monoisotopic (exact) mass is 374 g/mol. The van der Waals surface area contributed by atoms with Crippen molar-refractivity contribution in [1.29, 1.82) is 5.26 Å². The number of hydrogen-bond donors (Lipinski definition) is 3. The Labute approximate surface area is 160 Å². The summed E-state index contributed by atoms with van der Waals surface area (Å²) in [6.07, 6.45) is 1.73. The van der Waals surface area contributed by atoms with Gasteiger partial charge in [-0.1, -0.05) is 35.9 Å². The summed E-state index contributed by atoms with van der Waals surface area (Å²) in [6.45, 7) is 1.99. The summed E-state index contributed by atoms with van der Waals surface area (Å²) in [7, 11) is 0. The predicted molar refractivity (Wildman–Crippen MR) is 108 cm³/mol. The molecule has 0 radical (unpaired) electrons. The highest BCUT2D eigenvalue weighted by Crippen LogP contribution is 2.27. The van der Waals surface area contributed by atoms with Crippen molar-refractivity contribution in [1.82, 2.24) is 15.2 Å². The highest BCUT2D eigenvalue weighted by atomic mass is 35.5. The van der Waals surface area contributed by atoms with Crippen molar-refractivity contribution in [3.05, 3.63) is 70.4 Å². The number of H-pyrrole nitrogens is 2. The van der Waals surface area contributed by atoms with Gasteiger partial charge in [-0.05, 0) is 31.2 Å². The third-order valence-corrected chi connectivity index (χ3v) is 4.45. The van der Waals surface area contributed by atoms with Gasteiger partial charge < -0.3 is 10.3 Å². The smallest absolute Gasteiger partial charge is 0.193 e. The van der Waals surface area contributed by atoms with Crippen LogP contribution in [0.5, 0.6) is 0 Å². The molecule has 0 atom stereocenters. The summed E-state index contributed by atoms with van der Waals surface area (Å²) in [5.41, 5.74) is 4.12. The summed E-state index contributed by atoms with van der Waals surface area (Å²) in [6, 6.07) is 17.4. The van der Waals surface area contributed by atoms with Crippen LogP contribution in [0.4, 0.5) is 17.3 Å². The molecule has 0 saturated carbocycles. The molecule has 4 rings (SSSR count). The quantitative estimate of drug-likeness (QED) is 0.427. The van der Waals surface area contributed by atoms with Gasteiger partial charge in [0.25, 0.3) is 0 Å². The average Bonchev–Trinajstić information content (AvgIpc) is 3.19. The molecule has 2 aromatic heterocycles. The van der Waals surface area contributed by atoms with Gasteiger partial charge >= 0.3 is 0 Å². The first-order chi connectivity index (χ1) is 13.2. The lowest BCUT2D eigenvalue weighted by molar-refractivity contribution is 1.09. The van der Waals surface area contributed by atoms with E-state index in [4.69, 9.17) is 11.6 Å². The number of anilines is 2. The Balaban J connectivity index is 1.67. The van der Waals surface area contributed by atoms with Crippen molar-refractivity contribution in [2.75, 3.05) is 5.32 Å². The van der Waals surface area contributed by atoms with E-state index < -0.39 is 0 Å². The summed E-state index contributed by atoms with van der Waals surface area (Å²) in [5, 5.41) is 21.3. The number of fused-ring (bicyclic) bond motifs is 1. The number of rotatable bonds is 4. The third kappa shape index (κ3) is 3.28. The van der Waals surface area contributed by atoms with Crippen LogP contribution in [0.15, 0.2) is 53.5 Å². The van der Waals surface area contributed by atoms with E-state index in [1.54, 1.807) is 18.3 Å². The van der Waals surface area contributed by atoms with Crippen molar-refractivity contribution in [3.8, 4) is 6.07 Å². The van der Waals surface area contributed by atoms with Gasteiger partial charge in [0.15, 0.2) is 5.82 Å². The van der Waals surface area contributed by atoms with Crippen LogP contribution >= 0.6 is 11.6 Å². The molecule has 2 aromatic carbocycles. The Morgan fingerprint density at radius 2 is 2.07 bits per heavy atom. The second kappa shape index (κ2) is 6.98. The molecule has 0 bridgehead atoms. The normalized spacial score (nSPS) is 11.1. The molecular weight excluding hydrogens is 360 g/mol. The van der Waals surface area contributed by atoms with Crippen molar-refractivity contribution >= 4 is 46.0 Å². The summed E-state index contributed by atoms with van der Waals surface area (Å²) < 4.78 is 0. The Hall–Kier alpha value is -3.56. The number of aryl methyl sites for hydroxylation is 1. The van der Waals surface area contributed by atoms with E-state index in [9.17, 15) is 5.26 Å². The highest BCUT2D eigenvalue weighted by Gasteiger charge is 2.13. The average molecular weight is 375 g/mol. The molecule has 0 spiro atoms. The zero-order valence-corrected chi connectivity index (χ0v) is 15.2. The van der Waals surface area contributed by atoms with Crippen LogP contribution in [0, 0.1) is 18.3 Å². The summed E-state index contributed by atoms with van der Waals surface area (Å²) >= 11 is 6.00. The zero-order valence-electron chi connectivity index (χ0n) is 14.4. The number of para-hydroxylation sites is 1. The molecule has 0 saturated heterocycles. The minimum Gasteiger partial charge on any atom is -0.358 e. The first kappa shape index (κ1) is 16.9. The van der Waals surface area contributed by atoms with E-state index >= 15 is 0 Å². The minimum atomic E-state index is 0.326. The van der Waals surface area contributed by atoms with Crippen LogP contribution in [0.1, 0.15) is 16.8 Å². The molecule has 2 heterocycles. The van der Waals surface area contributed by atoms with Gasteiger partial charge in [0.1, 0.15) is 17.5 Å². The van der Waals surface area contributed by atoms with Gasteiger partial charge in [0.05, 0.1) is 0 Å². The number of aromatic nitrogens is 3. The molecule has 4 aromatic rings. The molecule has 7 heteroatoms. The van der Waals surface area contributed by atoms with Crippen LogP contribution < -0.4 is 5.32 Å². The fraction of sp³-hybridized carbons (Fsp3) is 0.0500. The van der Waals surface area contributed by atoms with E-state index in [0.717, 1.165) is 27.8 Å². The van der Waals surface area contributed by atoms with E-state index in [0.29, 0.717) is 22.2 Å². The molecule has 6 nitrogen and oxygen atoms in total. The summed E-state index contributed by atoms with van der Waals surface area (Å²) in [5.74, 6) is 0.800. The second-order valence-electron chi connectivity index (χ2n) is 6.01. The number of hydrogen-bond acceptors (Lipinski definition) is 4. The number of nitriles is 1. The minimum absolute atomic E-state index is 0.326. The lowest BCUT2D eigenvalue weighted by Gasteiger charge is -2.03. The summed E-state index contributed by atoms with van der Waals surface area (Å²) in [4.78, 5) is 7.76. The first-order valence-electron chi connectivity index (χ1n) is 8.28. The maximum Gasteiger partial charge on any atom is 0.193 e. The van der Waals surface area contributed by atoms with Gasteiger partial charge in [-0.25, -0.2) is 4.99 Å². The van der Waals surface area contributed by atoms with E-state index in [-0.39, 0.29) is 0 Å². The van der Waals surface area contributed by atoms with Crippen LogP contribution in [-0.2, 0) is 0 Å². The van der Waals surface area contributed by atoms with Gasteiger partial charge in [-0.2, -0.15) is 10.4 Å². The Kier molecular flexibility index (Phi) is 4.37. The number of aliphatic imine (C=N–C) groups is 1. The van der Waals surface area contributed by atoms with Gasteiger partial charge in [0.2, 0.25) is 0 Å². The standard InChI is InChI=1S/C20H15ClN6/c1-12-17(15-7-2-3-8-18(15)24-12)11-23-19-16(10-22)20(27-26-19)25-14-6-4-5-13(21)9-14/h2-9,11,24H,1H3,(H2,25,26,27). The second-order valence-corrected chi connectivity index (χ2v) is 6.45. The van der Waals surface area contributed by atoms with Gasteiger partial charge in [0, 0.05) is 39.1 Å².